The van der Waals surface area contributed by atoms with E-state index in [-0.39, 0.29) is 52.8 Å². The second kappa shape index (κ2) is 9.09. The van der Waals surface area contributed by atoms with Crippen LogP contribution in [0.5, 0.6) is 0 Å². The zero-order chi connectivity index (χ0) is 22.9. The van der Waals surface area contributed by atoms with Crippen LogP contribution < -0.4 is 5.32 Å². The average Bonchev–Trinajstić information content (AvgIpc) is 3.31. The minimum atomic E-state index is -1.53. The van der Waals surface area contributed by atoms with Crippen molar-refractivity contribution in [1.82, 2.24) is 25.3 Å². The van der Waals surface area contributed by atoms with Crippen molar-refractivity contribution in [2.24, 2.45) is 0 Å². The van der Waals surface area contributed by atoms with Crippen LogP contribution in [0, 0.1) is 5.82 Å². The van der Waals surface area contributed by atoms with Gasteiger partial charge in [-0.3, -0.25) is 4.79 Å². The first-order chi connectivity index (χ1) is 15.3. The van der Waals surface area contributed by atoms with E-state index in [2.05, 4.69) is 20.5 Å². The molecule has 1 saturated carbocycles. The topological polar surface area (TPSA) is 92.9 Å². The van der Waals surface area contributed by atoms with E-state index in [1.807, 2.05) is 0 Å². The van der Waals surface area contributed by atoms with Crippen LogP contribution in [0.15, 0.2) is 42.7 Å². The summed E-state index contributed by atoms with van der Waals surface area (Å²) in [5, 5.41) is 22.0. The maximum absolute atomic E-state index is 14.2. The SMILES string of the molecule is O=C(NC(c1cccc(F)c1Cl)[C@]1(O)CC[C@@H](F)CC1)c1ccc(Cl)nc1-n1nccn1. The lowest BCUT2D eigenvalue weighted by molar-refractivity contribution is -0.0445. The third kappa shape index (κ3) is 4.46. The van der Waals surface area contributed by atoms with Gasteiger partial charge in [-0.15, -0.1) is 4.80 Å². The molecule has 0 radical (unpaired) electrons. The van der Waals surface area contributed by atoms with E-state index in [9.17, 15) is 18.7 Å². The fraction of sp³-hybridized carbons (Fsp3) is 0.333. The summed E-state index contributed by atoms with van der Waals surface area (Å²) < 4.78 is 28.0. The Morgan fingerprint density at radius 1 is 1.19 bits per heavy atom. The molecule has 0 spiro atoms. The average molecular weight is 482 g/mol. The minimum Gasteiger partial charge on any atom is -0.387 e. The number of carbonyl (C=O) groups is 1. The van der Waals surface area contributed by atoms with Crippen molar-refractivity contribution in [3.05, 3.63) is 69.8 Å². The first-order valence-corrected chi connectivity index (χ1v) is 10.7. The van der Waals surface area contributed by atoms with Gasteiger partial charge in [0.2, 0.25) is 0 Å². The summed E-state index contributed by atoms with van der Waals surface area (Å²) in [5.41, 5.74) is -1.26. The Morgan fingerprint density at radius 2 is 1.88 bits per heavy atom. The monoisotopic (exact) mass is 481 g/mol. The molecule has 4 rings (SSSR count). The summed E-state index contributed by atoms with van der Waals surface area (Å²) in [6, 6.07) is 5.90. The Balaban J connectivity index is 1.74. The number of hydrogen-bond donors (Lipinski definition) is 2. The van der Waals surface area contributed by atoms with Crippen molar-refractivity contribution in [3.63, 3.8) is 0 Å². The van der Waals surface area contributed by atoms with E-state index in [1.54, 1.807) is 0 Å². The molecule has 0 aliphatic heterocycles. The van der Waals surface area contributed by atoms with E-state index in [1.165, 1.54) is 42.7 Å². The number of pyridine rings is 1. The van der Waals surface area contributed by atoms with Crippen LogP contribution in [0.1, 0.15) is 47.6 Å². The number of nitrogens with one attached hydrogen (secondary N) is 1. The number of nitrogens with zero attached hydrogens (tertiary/aromatic N) is 4. The van der Waals surface area contributed by atoms with Crippen LogP contribution in [0.4, 0.5) is 8.78 Å². The van der Waals surface area contributed by atoms with Crippen molar-refractivity contribution in [3.8, 4) is 5.82 Å². The Labute approximate surface area is 192 Å². The molecule has 1 atom stereocenters. The van der Waals surface area contributed by atoms with Crippen LogP contribution in [0.3, 0.4) is 0 Å². The van der Waals surface area contributed by atoms with Crippen molar-refractivity contribution < 1.29 is 18.7 Å². The first-order valence-electron chi connectivity index (χ1n) is 9.93. The molecule has 0 bridgehead atoms. The first kappa shape index (κ1) is 22.6. The highest BCUT2D eigenvalue weighted by atomic mass is 35.5. The van der Waals surface area contributed by atoms with Gasteiger partial charge in [-0.25, -0.2) is 13.8 Å². The predicted molar refractivity (Wildman–Crippen MR) is 114 cm³/mol. The third-order valence-corrected chi connectivity index (χ3v) is 6.19. The highest BCUT2D eigenvalue weighted by molar-refractivity contribution is 6.31. The standard InChI is InChI=1S/C21H19Cl2F2N5O2/c22-16-5-4-14(19(28-16)30-26-10-11-27-30)20(31)29-18(13-2-1-3-15(25)17(13)23)21(32)8-6-12(24)7-9-21/h1-5,10-12,18,32H,6-9H2,(H,29,31)/t12-,18?,21+. The molecule has 1 fully saturated rings. The molecule has 168 valence electrons. The lowest BCUT2D eigenvalue weighted by Crippen LogP contribution is -2.49. The molecule has 2 N–H and O–H groups in total. The molecule has 1 aliphatic carbocycles. The lowest BCUT2D eigenvalue weighted by Gasteiger charge is -2.41. The van der Waals surface area contributed by atoms with E-state index < -0.39 is 29.5 Å². The van der Waals surface area contributed by atoms with Gasteiger partial charge < -0.3 is 10.4 Å². The molecule has 11 heteroatoms. The third-order valence-electron chi connectivity index (χ3n) is 5.58. The molecule has 2 heterocycles. The number of aliphatic hydroxyl groups is 1. The fourth-order valence-corrected chi connectivity index (χ4v) is 4.28. The quantitative estimate of drug-likeness (QED) is 0.532. The van der Waals surface area contributed by atoms with E-state index >= 15 is 0 Å². The smallest absolute Gasteiger partial charge is 0.255 e. The van der Waals surface area contributed by atoms with Crippen LogP contribution in [0.2, 0.25) is 10.2 Å². The van der Waals surface area contributed by atoms with Crippen LogP contribution in [0.25, 0.3) is 5.82 Å². The summed E-state index contributed by atoms with van der Waals surface area (Å²) in [7, 11) is 0. The highest BCUT2D eigenvalue weighted by Gasteiger charge is 2.43. The van der Waals surface area contributed by atoms with Crippen molar-refractivity contribution in [1.29, 1.82) is 0 Å². The molecule has 32 heavy (non-hydrogen) atoms. The number of hydrogen-bond acceptors (Lipinski definition) is 5. The van der Waals surface area contributed by atoms with Crippen LogP contribution in [-0.4, -0.2) is 42.8 Å². The normalized spacial score (nSPS) is 21.8. The highest BCUT2D eigenvalue weighted by Crippen LogP contribution is 2.42. The summed E-state index contributed by atoms with van der Waals surface area (Å²) in [5.74, 6) is -1.26. The molecular formula is C21H19Cl2F2N5O2. The number of aromatic nitrogens is 4. The summed E-state index contributed by atoms with van der Waals surface area (Å²) in [6.45, 7) is 0. The second-order valence-electron chi connectivity index (χ2n) is 7.65. The van der Waals surface area contributed by atoms with Gasteiger partial charge in [0.25, 0.3) is 5.91 Å². The maximum atomic E-state index is 14.2. The van der Waals surface area contributed by atoms with Gasteiger partial charge in [0.05, 0.1) is 34.6 Å². The van der Waals surface area contributed by atoms with Crippen molar-refractivity contribution in [2.75, 3.05) is 0 Å². The Bertz CT molecular complexity index is 1120. The van der Waals surface area contributed by atoms with Crippen molar-refractivity contribution >= 4 is 29.1 Å². The summed E-state index contributed by atoms with van der Waals surface area (Å²) in [4.78, 5) is 18.6. The number of alkyl halides is 1. The Kier molecular flexibility index (Phi) is 6.41. The Morgan fingerprint density at radius 3 is 2.56 bits per heavy atom. The van der Waals surface area contributed by atoms with Crippen LogP contribution >= 0.6 is 23.2 Å². The zero-order valence-corrected chi connectivity index (χ0v) is 18.2. The minimum absolute atomic E-state index is 0.0678. The number of rotatable bonds is 5. The molecular weight excluding hydrogens is 463 g/mol. The van der Waals surface area contributed by atoms with Gasteiger partial charge in [0, 0.05) is 0 Å². The zero-order valence-electron chi connectivity index (χ0n) is 16.7. The molecule has 7 nitrogen and oxygen atoms in total. The van der Waals surface area contributed by atoms with Gasteiger partial charge in [-0.2, -0.15) is 10.2 Å². The number of benzene rings is 1. The molecule has 3 aromatic rings. The van der Waals surface area contributed by atoms with Gasteiger partial charge in [0.1, 0.15) is 17.1 Å². The predicted octanol–water partition coefficient (Wildman–Crippen LogP) is 4.22. The van der Waals surface area contributed by atoms with E-state index in [0.717, 1.165) is 4.80 Å². The number of halogens is 4. The van der Waals surface area contributed by atoms with Gasteiger partial charge in [0.15, 0.2) is 5.82 Å². The lowest BCUT2D eigenvalue weighted by atomic mass is 9.76. The summed E-state index contributed by atoms with van der Waals surface area (Å²) >= 11 is 12.2. The molecule has 1 amide bonds. The Hall–Kier alpha value is -2.62. The van der Waals surface area contributed by atoms with Gasteiger partial charge >= 0.3 is 0 Å². The van der Waals surface area contributed by atoms with Gasteiger partial charge in [-0.1, -0.05) is 35.3 Å². The van der Waals surface area contributed by atoms with Crippen molar-refractivity contribution in [2.45, 2.75) is 43.5 Å². The van der Waals surface area contributed by atoms with E-state index in [4.69, 9.17) is 23.2 Å². The maximum Gasteiger partial charge on any atom is 0.255 e. The molecule has 0 saturated heterocycles. The molecule has 1 aromatic carbocycles. The molecule has 1 unspecified atom stereocenters. The number of amides is 1. The van der Waals surface area contributed by atoms with E-state index in [0.29, 0.717) is 0 Å². The molecule has 1 aliphatic rings. The van der Waals surface area contributed by atoms with Gasteiger partial charge in [-0.05, 0) is 49.4 Å². The number of carbonyl (C=O) groups excluding carboxylic acids is 1. The molecule has 2 aromatic heterocycles. The summed E-state index contributed by atoms with van der Waals surface area (Å²) in [6.07, 6.45) is 2.14. The van der Waals surface area contributed by atoms with Crippen LogP contribution in [-0.2, 0) is 0 Å². The fourth-order valence-electron chi connectivity index (χ4n) is 3.91. The second-order valence-corrected chi connectivity index (χ2v) is 8.42. The largest absolute Gasteiger partial charge is 0.387 e.